The van der Waals surface area contributed by atoms with Gasteiger partial charge in [0.05, 0.1) is 0 Å². The number of nitrogens with one attached hydrogen (secondary N) is 1. The summed E-state index contributed by atoms with van der Waals surface area (Å²) < 4.78 is 21.5. The number of ether oxygens (including phenoxy) is 1. The highest BCUT2D eigenvalue weighted by molar-refractivity contribution is 5.30. The van der Waals surface area contributed by atoms with Gasteiger partial charge in [-0.2, -0.15) is 0 Å². The predicted octanol–water partition coefficient (Wildman–Crippen LogP) is 2.51. The maximum atomic E-state index is 14.1. The number of nitrogens with zero attached hydrogens (tertiary/aromatic N) is 3. The first-order valence-electron chi connectivity index (χ1n) is 7.03. The fraction of sp³-hybridized carbons (Fsp3) is 0.467. The molecule has 6 heteroatoms. The molecule has 1 N–H and O–H groups in total. The van der Waals surface area contributed by atoms with Gasteiger partial charge < -0.3 is 14.6 Å². The highest BCUT2D eigenvalue weighted by atomic mass is 19.1. The maximum Gasteiger partial charge on any atom is 0.170 e. The quantitative estimate of drug-likeness (QED) is 0.889. The SMILES string of the molecule is CCNC(C)c1ccc(OCc2nnc(C)n2C)cc1F. The molecule has 0 radical (unpaired) electrons. The summed E-state index contributed by atoms with van der Waals surface area (Å²) in [5.41, 5.74) is 0.638. The van der Waals surface area contributed by atoms with E-state index in [0.717, 1.165) is 12.4 Å². The topological polar surface area (TPSA) is 52.0 Å². The van der Waals surface area contributed by atoms with Crippen LogP contribution in [-0.4, -0.2) is 21.3 Å². The predicted molar refractivity (Wildman–Crippen MR) is 78.6 cm³/mol. The van der Waals surface area contributed by atoms with E-state index in [9.17, 15) is 4.39 Å². The minimum Gasteiger partial charge on any atom is -0.486 e. The Morgan fingerprint density at radius 3 is 2.71 bits per heavy atom. The van der Waals surface area contributed by atoms with Crippen molar-refractivity contribution in [2.45, 2.75) is 33.4 Å². The van der Waals surface area contributed by atoms with Crippen LogP contribution < -0.4 is 10.1 Å². The second kappa shape index (κ2) is 6.67. The molecule has 5 nitrogen and oxygen atoms in total. The van der Waals surface area contributed by atoms with Gasteiger partial charge in [-0.3, -0.25) is 0 Å². The molecule has 0 fully saturated rings. The van der Waals surface area contributed by atoms with Crippen molar-refractivity contribution in [3.05, 3.63) is 41.2 Å². The lowest BCUT2D eigenvalue weighted by Gasteiger charge is -2.14. The van der Waals surface area contributed by atoms with Gasteiger partial charge in [0.1, 0.15) is 24.0 Å². The molecule has 2 aromatic rings. The summed E-state index contributed by atoms with van der Waals surface area (Å²) in [6.45, 7) is 6.86. The third-order valence-electron chi connectivity index (χ3n) is 3.50. The molecule has 1 heterocycles. The van der Waals surface area contributed by atoms with E-state index in [1.54, 1.807) is 12.1 Å². The molecule has 0 aliphatic rings. The van der Waals surface area contributed by atoms with E-state index < -0.39 is 0 Å². The number of rotatable bonds is 6. The van der Waals surface area contributed by atoms with Gasteiger partial charge in [0.2, 0.25) is 0 Å². The van der Waals surface area contributed by atoms with Crippen LogP contribution in [0.25, 0.3) is 0 Å². The van der Waals surface area contributed by atoms with Gasteiger partial charge in [0.15, 0.2) is 5.82 Å². The lowest BCUT2D eigenvalue weighted by molar-refractivity contribution is 0.289. The van der Waals surface area contributed by atoms with Crippen molar-refractivity contribution in [3.8, 4) is 5.75 Å². The molecule has 1 aromatic carbocycles. The van der Waals surface area contributed by atoms with E-state index in [1.165, 1.54) is 6.07 Å². The molecule has 0 aliphatic carbocycles. The second-order valence-corrected chi connectivity index (χ2v) is 4.97. The Bertz CT molecular complexity index is 612. The van der Waals surface area contributed by atoms with E-state index in [4.69, 9.17) is 4.74 Å². The van der Waals surface area contributed by atoms with E-state index >= 15 is 0 Å². The molecular weight excluding hydrogens is 271 g/mol. The van der Waals surface area contributed by atoms with Gasteiger partial charge >= 0.3 is 0 Å². The van der Waals surface area contributed by atoms with Crippen LogP contribution in [0.1, 0.15) is 37.1 Å². The Balaban J connectivity index is 2.05. The summed E-state index contributed by atoms with van der Waals surface area (Å²) in [7, 11) is 1.87. The van der Waals surface area contributed by atoms with Crippen LogP contribution >= 0.6 is 0 Å². The van der Waals surface area contributed by atoms with Crippen molar-refractivity contribution in [2.24, 2.45) is 7.05 Å². The average molecular weight is 292 g/mol. The number of aromatic nitrogens is 3. The van der Waals surface area contributed by atoms with Crippen molar-refractivity contribution in [1.29, 1.82) is 0 Å². The third kappa shape index (κ3) is 3.58. The molecule has 0 bridgehead atoms. The lowest BCUT2D eigenvalue weighted by atomic mass is 10.1. The van der Waals surface area contributed by atoms with Crippen molar-refractivity contribution < 1.29 is 9.13 Å². The Morgan fingerprint density at radius 1 is 1.38 bits per heavy atom. The summed E-state index contributed by atoms with van der Waals surface area (Å²) in [6.07, 6.45) is 0. The number of benzene rings is 1. The molecule has 0 amide bonds. The van der Waals surface area contributed by atoms with Crippen molar-refractivity contribution in [3.63, 3.8) is 0 Å². The van der Waals surface area contributed by atoms with E-state index in [2.05, 4.69) is 15.5 Å². The monoisotopic (exact) mass is 292 g/mol. The third-order valence-corrected chi connectivity index (χ3v) is 3.50. The largest absolute Gasteiger partial charge is 0.486 e. The van der Waals surface area contributed by atoms with Crippen LogP contribution in [-0.2, 0) is 13.7 Å². The Labute approximate surface area is 124 Å². The maximum absolute atomic E-state index is 14.1. The fourth-order valence-electron chi connectivity index (χ4n) is 2.09. The molecule has 0 saturated carbocycles. The van der Waals surface area contributed by atoms with Crippen LogP contribution in [0.2, 0.25) is 0 Å². The van der Waals surface area contributed by atoms with Crippen LogP contribution in [0.5, 0.6) is 5.75 Å². The van der Waals surface area contributed by atoms with Gasteiger partial charge in [-0.15, -0.1) is 10.2 Å². The number of aryl methyl sites for hydroxylation is 1. The zero-order valence-corrected chi connectivity index (χ0v) is 12.9. The molecule has 21 heavy (non-hydrogen) atoms. The van der Waals surface area contributed by atoms with Crippen LogP contribution in [0.4, 0.5) is 4.39 Å². The van der Waals surface area contributed by atoms with Gasteiger partial charge in [0, 0.05) is 24.7 Å². The first-order chi connectivity index (χ1) is 10.0. The average Bonchev–Trinajstić information content (AvgIpc) is 2.77. The minimum atomic E-state index is -0.268. The Morgan fingerprint density at radius 2 is 2.14 bits per heavy atom. The summed E-state index contributed by atoms with van der Waals surface area (Å²) in [5.74, 6) is 1.74. The van der Waals surface area contributed by atoms with Crippen molar-refractivity contribution in [2.75, 3.05) is 6.54 Å². The number of hydrogen-bond donors (Lipinski definition) is 1. The summed E-state index contributed by atoms with van der Waals surface area (Å²) in [4.78, 5) is 0. The fourth-order valence-corrected chi connectivity index (χ4v) is 2.09. The highest BCUT2D eigenvalue weighted by Crippen LogP contribution is 2.22. The molecule has 0 spiro atoms. The van der Waals surface area contributed by atoms with Gasteiger partial charge in [-0.05, 0) is 26.5 Å². The zero-order valence-electron chi connectivity index (χ0n) is 12.9. The summed E-state index contributed by atoms with van der Waals surface area (Å²) >= 11 is 0. The minimum absolute atomic E-state index is 0.0227. The van der Waals surface area contributed by atoms with Crippen LogP contribution in [0.15, 0.2) is 18.2 Å². The number of hydrogen-bond acceptors (Lipinski definition) is 4. The number of halogens is 1. The Kier molecular flexibility index (Phi) is 4.90. The molecular formula is C15H21FN4O. The highest BCUT2D eigenvalue weighted by Gasteiger charge is 2.11. The van der Waals surface area contributed by atoms with Crippen molar-refractivity contribution in [1.82, 2.24) is 20.1 Å². The molecule has 1 unspecified atom stereocenters. The first-order valence-corrected chi connectivity index (χ1v) is 7.03. The summed E-state index contributed by atoms with van der Waals surface area (Å²) in [6, 6.07) is 4.91. The standard InChI is InChI=1S/C15H21FN4O/c1-5-17-10(2)13-7-6-12(8-14(13)16)21-9-15-19-18-11(3)20(15)4/h6-8,10,17H,5,9H2,1-4H3. The van der Waals surface area contributed by atoms with Gasteiger partial charge in [0.25, 0.3) is 0 Å². The normalized spacial score (nSPS) is 12.4. The smallest absolute Gasteiger partial charge is 0.170 e. The van der Waals surface area contributed by atoms with Gasteiger partial charge in [-0.1, -0.05) is 13.0 Å². The second-order valence-electron chi connectivity index (χ2n) is 4.97. The molecule has 1 atom stereocenters. The van der Waals surface area contributed by atoms with Crippen molar-refractivity contribution >= 4 is 0 Å². The molecule has 2 rings (SSSR count). The molecule has 0 saturated heterocycles. The van der Waals surface area contributed by atoms with E-state index in [-0.39, 0.29) is 18.5 Å². The molecule has 0 aliphatic heterocycles. The van der Waals surface area contributed by atoms with E-state index in [0.29, 0.717) is 17.1 Å². The van der Waals surface area contributed by atoms with Crippen LogP contribution in [0.3, 0.4) is 0 Å². The zero-order chi connectivity index (χ0) is 15.4. The summed E-state index contributed by atoms with van der Waals surface area (Å²) in [5, 5.41) is 11.1. The Hall–Kier alpha value is -1.95. The van der Waals surface area contributed by atoms with Crippen LogP contribution in [0, 0.1) is 12.7 Å². The molecule has 1 aromatic heterocycles. The molecule has 114 valence electrons. The first kappa shape index (κ1) is 15.4. The van der Waals surface area contributed by atoms with E-state index in [1.807, 2.05) is 32.4 Å². The lowest BCUT2D eigenvalue weighted by Crippen LogP contribution is -2.18. The van der Waals surface area contributed by atoms with Gasteiger partial charge in [-0.25, -0.2) is 4.39 Å².